The van der Waals surface area contributed by atoms with Crippen LogP contribution in [0.5, 0.6) is 0 Å². The molecule has 126 valence electrons. The van der Waals surface area contributed by atoms with Gasteiger partial charge in [0.1, 0.15) is 16.7 Å². The Morgan fingerprint density at radius 3 is 2.56 bits per heavy atom. The smallest absolute Gasteiger partial charge is 0.255 e. The van der Waals surface area contributed by atoms with Crippen LogP contribution in [0.25, 0.3) is 0 Å². The van der Waals surface area contributed by atoms with Crippen molar-refractivity contribution < 1.29 is 4.79 Å². The number of hydrogen-bond acceptors (Lipinski definition) is 5. The van der Waals surface area contributed by atoms with Gasteiger partial charge in [-0.1, -0.05) is 41.4 Å². The number of carbonyl (C=O) groups excluding carboxylic acids is 1. The molecule has 3 rings (SSSR count). The summed E-state index contributed by atoms with van der Waals surface area (Å²) < 4.78 is 0. The Bertz CT molecular complexity index is 918. The fraction of sp³-hybridized carbons (Fsp3) is 0.0588. The summed E-state index contributed by atoms with van der Waals surface area (Å²) in [4.78, 5) is 24.8. The molecule has 2 heterocycles. The van der Waals surface area contributed by atoms with Crippen LogP contribution in [0.15, 0.2) is 48.8 Å². The number of aryl methyl sites for hydroxylation is 1. The maximum Gasteiger partial charge on any atom is 0.255 e. The molecule has 1 aromatic carbocycles. The molecule has 0 saturated carbocycles. The SMILES string of the molecule is Cc1nccc(Nc2ncc(Cl)c(NC(=O)c3ccccc3)c2Cl)n1. The van der Waals surface area contributed by atoms with Crippen LogP contribution in [-0.2, 0) is 0 Å². The Morgan fingerprint density at radius 2 is 1.84 bits per heavy atom. The fourth-order valence-corrected chi connectivity index (χ4v) is 2.57. The number of nitrogens with one attached hydrogen (secondary N) is 2. The fourth-order valence-electron chi connectivity index (χ4n) is 2.09. The third-order valence-corrected chi connectivity index (χ3v) is 3.92. The molecular weight excluding hydrogens is 361 g/mol. The normalized spacial score (nSPS) is 10.4. The molecule has 6 nitrogen and oxygen atoms in total. The summed E-state index contributed by atoms with van der Waals surface area (Å²) in [6, 6.07) is 10.4. The monoisotopic (exact) mass is 373 g/mol. The number of pyridine rings is 1. The Balaban J connectivity index is 1.88. The van der Waals surface area contributed by atoms with Crippen molar-refractivity contribution in [1.82, 2.24) is 15.0 Å². The van der Waals surface area contributed by atoms with Gasteiger partial charge in [-0.05, 0) is 25.1 Å². The first kappa shape index (κ1) is 17.1. The molecule has 3 aromatic rings. The van der Waals surface area contributed by atoms with Crippen LogP contribution in [0, 0.1) is 6.92 Å². The van der Waals surface area contributed by atoms with E-state index in [1.54, 1.807) is 43.5 Å². The van der Waals surface area contributed by atoms with Gasteiger partial charge in [-0.2, -0.15) is 0 Å². The molecule has 0 fully saturated rings. The molecule has 2 N–H and O–H groups in total. The topological polar surface area (TPSA) is 79.8 Å². The number of amides is 1. The Morgan fingerprint density at radius 1 is 1.08 bits per heavy atom. The maximum atomic E-state index is 12.3. The molecule has 8 heteroatoms. The molecule has 0 saturated heterocycles. The highest BCUT2D eigenvalue weighted by molar-refractivity contribution is 6.41. The lowest BCUT2D eigenvalue weighted by molar-refractivity contribution is 0.102. The van der Waals surface area contributed by atoms with E-state index < -0.39 is 0 Å². The third-order valence-electron chi connectivity index (χ3n) is 3.27. The second kappa shape index (κ2) is 7.46. The zero-order chi connectivity index (χ0) is 17.8. The second-order valence-corrected chi connectivity index (χ2v) is 5.86. The lowest BCUT2D eigenvalue weighted by Gasteiger charge is -2.13. The van der Waals surface area contributed by atoms with Crippen LogP contribution < -0.4 is 10.6 Å². The zero-order valence-electron chi connectivity index (χ0n) is 13.1. The lowest BCUT2D eigenvalue weighted by atomic mass is 10.2. The molecule has 0 aliphatic rings. The van der Waals surface area contributed by atoms with E-state index in [1.165, 1.54) is 6.20 Å². The van der Waals surface area contributed by atoms with Gasteiger partial charge in [0.25, 0.3) is 5.91 Å². The van der Waals surface area contributed by atoms with Crippen LogP contribution in [0.3, 0.4) is 0 Å². The summed E-state index contributed by atoms with van der Waals surface area (Å²) in [6.45, 7) is 1.77. The lowest BCUT2D eigenvalue weighted by Crippen LogP contribution is -2.13. The summed E-state index contributed by atoms with van der Waals surface area (Å²) in [5, 5.41) is 6.13. The molecule has 0 spiro atoms. The van der Waals surface area contributed by atoms with E-state index in [9.17, 15) is 4.79 Å². The van der Waals surface area contributed by atoms with Gasteiger partial charge in [-0.3, -0.25) is 4.79 Å². The van der Waals surface area contributed by atoms with Crippen LogP contribution in [-0.4, -0.2) is 20.9 Å². The first-order valence-electron chi connectivity index (χ1n) is 7.31. The van der Waals surface area contributed by atoms with Crippen molar-refractivity contribution in [3.63, 3.8) is 0 Å². The first-order valence-corrected chi connectivity index (χ1v) is 8.07. The van der Waals surface area contributed by atoms with Gasteiger partial charge in [0.05, 0.1) is 16.9 Å². The van der Waals surface area contributed by atoms with Crippen molar-refractivity contribution in [1.29, 1.82) is 0 Å². The number of carbonyl (C=O) groups is 1. The highest BCUT2D eigenvalue weighted by atomic mass is 35.5. The zero-order valence-corrected chi connectivity index (χ0v) is 14.6. The van der Waals surface area contributed by atoms with E-state index in [1.807, 2.05) is 6.07 Å². The van der Waals surface area contributed by atoms with Crippen LogP contribution in [0.2, 0.25) is 10.0 Å². The summed E-state index contributed by atoms with van der Waals surface area (Å²) in [5.74, 6) is 1.14. The van der Waals surface area contributed by atoms with Crippen molar-refractivity contribution in [3.05, 3.63) is 70.2 Å². The van der Waals surface area contributed by atoms with Crippen molar-refractivity contribution in [2.75, 3.05) is 10.6 Å². The molecule has 25 heavy (non-hydrogen) atoms. The average Bonchev–Trinajstić information content (AvgIpc) is 2.62. The molecule has 0 unspecified atom stereocenters. The van der Waals surface area contributed by atoms with Gasteiger partial charge >= 0.3 is 0 Å². The van der Waals surface area contributed by atoms with Gasteiger partial charge in [-0.25, -0.2) is 15.0 Å². The van der Waals surface area contributed by atoms with Crippen LogP contribution in [0.1, 0.15) is 16.2 Å². The quantitative estimate of drug-likeness (QED) is 0.704. The molecule has 0 atom stereocenters. The van der Waals surface area contributed by atoms with Gasteiger partial charge in [0, 0.05) is 11.8 Å². The molecule has 0 radical (unpaired) electrons. The van der Waals surface area contributed by atoms with E-state index in [0.29, 0.717) is 23.0 Å². The molecule has 1 amide bonds. The summed E-state index contributed by atoms with van der Waals surface area (Å²) in [6.07, 6.45) is 3.02. The van der Waals surface area contributed by atoms with Gasteiger partial charge in [0.15, 0.2) is 5.82 Å². The third kappa shape index (κ3) is 4.04. The maximum absolute atomic E-state index is 12.3. The minimum absolute atomic E-state index is 0.188. The van der Waals surface area contributed by atoms with Crippen molar-refractivity contribution in [2.24, 2.45) is 0 Å². The standard InChI is InChI=1S/C17H13Cl2N5O/c1-10-20-8-7-13(22-10)23-16-14(19)15(12(18)9-21-16)24-17(25)11-5-3-2-4-6-11/h2-9H,1H3,(H2,20,21,22,23,24,25). The molecule has 0 bridgehead atoms. The van der Waals surface area contributed by atoms with E-state index in [2.05, 4.69) is 25.6 Å². The summed E-state index contributed by atoms with van der Waals surface area (Å²) >= 11 is 12.5. The number of hydrogen-bond donors (Lipinski definition) is 2. The number of rotatable bonds is 4. The molecule has 2 aromatic heterocycles. The van der Waals surface area contributed by atoms with E-state index in [-0.39, 0.29) is 21.6 Å². The Hall–Kier alpha value is -2.70. The summed E-state index contributed by atoms with van der Waals surface area (Å²) in [7, 11) is 0. The Kier molecular flexibility index (Phi) is 5.11. The number of halogens is 2. The number of benzene rings is 1. The number of aromatic nitrogens is 3. The largest absolute Gasteiger partial charge is 0.324 e. The highest BCUT2D eigenvalue weighted by Gasteiger charge is 2.16. The first-order chi connectivity index (χ1) is 12.0. The van der Waals surface area contributed by atoms with Crippen molar-refractivity contribution >= 4 is 46.4 Å². The van der Waals surface area contributed by atoms with Crippen LogP contribution in [0.4, 0.5) is 17.3 Å². The molecule has 0 aliphatic carbocycles. The van der Waals surface area contributed by atoms with Gasteiger partial charge in [-0.15, -0.1) is 0 Å². The number of anilines is 3. The summed E-state index contributed by atoms with van der Waals surface area (Å²) in [5.41, 5.74) is 0.771. The predicted molar refractivity (Wildman–Crippen MR) is 98.7 cm³/mol. The average molecular weight is 374 g/mol. The van der Waals surface area contributed by atoms with Crippen molar-refractivity contribution in [2.45, 2.75) is 6.92 Å². The van der Waals surface area contributed by atoms with E-state index >= 15 is 0 Å². The minimum atomic E-state index is -0.320. The minimum Gasteiger partial charge on any atom is -0.324 e. The highest BCUT2D eigenvalue weighted by Crippen LogP contribution is 2.35. The van der Waals surface area contributed by atoms with Crippen LogP contribution >= 0.6 is 23.2 Å². The van der Waals surface area contributed by atoms with Gasteiger partial charge < -0.3 is 10.6 Å². The van der Waals surface area contributed by atoms with E-state index in [0.717, 1.165) is 0 Å². The van der Waals surface area contributed by atoms with Crippen molar-refractivity contribution in [3.8, 4) is 0 Å². The second-order valence-electron chi connectivity index (χ2n) is 5.08. The van der Waals surface area contributed by atoms with Gasteiger partial charge in [0.2, 0.25) is 0 Å². The number of nitrogens with zero attached hydrogens (tertiary/aromatic N) is 3. The van der Waals surface area contributed by atoms with E-state index in [4.69, 9.17) is 23.2 Å². The Labute approximate surface area is 154 Å². The molecule has 0 aliphatic heterocycles. The predicted octanol–water partition coefficient (Wildman–Crippen LogP) is 4.48. The molecular formula is C17H13Cl2N5O.